The third-order valence-electron chi connectivity index (χ3n) is 3.67. The van der Waals surface area contributed by atoms with E-state index in [0.29, 0.717) is 12.0 Å². The van der Waals surface area contributed by atoms with Gasteiger partial charge in [0, 0.05) is 29.0 Å². The van der Waals surface area contributed by atoms with Crippen molar-refractivity contribution in [3.8, 4) is 0 Å². The minimum atomic E-state index is -0.799. The summed E-state index contributed by atoms with van der Waals surface area (Å²) < 4.78 is 0.940. The highest BCUT2D eigenvalue weighted by atomic mass is 79.9. The first-order valence-electron chi connectivity index (χ1n) is 6.86. The summed E-state index contributed by atoms with van der Waals surface area (Å²) in [5.41, 5.74) is 0.662. The number of piperidine rings is 1. The number of carbonyl (C=O) groups excluding carboxylic acids is 1. The number of hydrogen-bond donors (Lipinski definition) is 1. The molecule has 20 heavy (non-hydrogen) atoms. The van der Waals surface area contributed by atoms with E-state index in [-0.39, 0.29) is 18.4 Å². The number of aliphatic carboxylic acids is 1. The van der Waals surface area contributed by atoms with E-state index < -0.39 is 5.97 Å². The predicted octanol–water partition coefficient (Wildman–Crippen LogP) is 3.31. The van der Waals surface area contributed by atoms with Crippen molar-refractivity contribution in [2.24, 2.45) is 0 Å². The maximum atomic E-state index is 12.5. The van der Waals surface area contributed by atoms with E-state index in [9.17, 15) is 9.59 Å². The number of carboxylic acids is 1. The normalized spacial score (nSPS) is 18.9. The average molecular weight is 340 g/mol. The van der Waals surface area contributed by atoms with Crippen LogP contribution < -0.4 is 0 Å². The Hall–Kier alpha value is -1.36. The van der Waals surface area contributed by atoms with Gasteiger partial charge in [0.2, 0.25) is 0 Å². The molecule has 1 aromatic rings. The van der Waals surface area contributed by atoms with E-state index >= 15 is 0 Å². The molecule has 0 bridgehead atoms. The van der Waals surface area contributed by atoms with Crippen molar-refractivity contribution < 1.29 is 14.7 Å². The maximum absolute atomic E-state index is 12.5. The van der Waals surface area contributed by atoms with Crippen LogP contribution in [0.15, 0.2) is 28.7 Å². The largest absolute Gasteiger partial charge is 0.481 e. The van der Waals surface area contributed by atoms with Crippen molar-refractivity contribution in [2.75, 3.05) is 6.54 Å². The Morgan fingerprint density at radius 2 is 1.95 bits per heavy atom. The van der Waals surface area contributed by atoms with Crippen LogP contribution in [-0.4, -0.2) is 34.5 Å². The molecule has 1 fully saturated rings. The standard InChI is InChI=1S/C15H18BrNO3/c16-12-6-4-11(5-7-12)15(20)17-10-2-1-3-13(17)8-9-14(18)19/h4-7,13H,1-3,8-10H2,(H,18,19). The first-order valence-corrected chi connectivity index (χ1v) is 7.65. The molecular weight excluding hydrogens is 322 g/mol. The molecule has 4 nitrogen and oxygen atoms in total. The second-order valence-electron chi connectivity index (χ2n) is 5.09. The molecule has 108 valence electrons. The van der Waals surface area contributed by atoms with E-state index in [2.05, 4.69) is 15.9 Å². The lowest BCUT2D eigenvalue weighted by molar-refractivity contribution is -0.137. The Morgan fingerprint density at radius 3 is 2.60 bits per heavy atom. The summed E-state index contributed by atoms with van der Waals surface area (Å²) in [5.74, 6) is -0.792. The first kappa shape index (κ1) is 15.0. The van der Waals surface area contributed by atoms with Crippen molar-refractivity contribution in [3.05, 3.63) is 34.3 Å². The van der Waals surface area contributed by atoms with Gasteiger partial charge < -0.3 is 10.0 Å². The van der Waals surface area contributed by atoms with E-state index in [0.717, 1.165) is 30.3 Å². The van der Waals surface area contributed by atoms with Crippen molar-refractivity contribution >= 4 is 27.8 Å². The molecular formula is C15H18BrNO3. The summed E-state index contributed by atoms with van der Waals surface area (Å²) >= 11 is 3.35. The zero-order valence-corrected chi connectivity index (χ0v) is 12.8. The Labute approximate surface area is 126 Å². The van der Waals surface area contributed by atoms with Gasteiger partial charge in [-0.2, -0.15) is 0 Å². The minimum Gasteiger partial charge on any atom is -0.481 e. The van der Waals surface area contributed by atoms with Crippen LogP contribution in [0.1, 0.15) is 42.5 Å². The van der Waals surface area contributed by atoms with Gasteiger partial charge in [-0.3, -0.25) is 9.59 Å². The highest BCUT2D eigenvalue weighted by molar-refractivity contribution is 9.10. The van der Waals surface area contributed by atoms with Crippen LogP contribution in [0, 0.1) is 0 Å². The fourth-order valence-corrected chi connectivity index (χ4v) is 2.88. The molecule has 0 saturated carbocycles. The third kappa shape index (κ3) is 3.82. The zero-order valence-electron chi connectivity index (χ0n) is 11.2. The molecule has 1 unspecified atom stereocenters. The molecule has 0 aromatic heterocycles. The smallest absolute Gasteiger partial charge is 0.303 e. The van der Waals surface area contributed by atoms with Gasteiger partial charge >= 0.3 is 5.97 Å². The second kappa shape index (κ2) is 6.88. The number of carboxylic acid groups (broad SMARTS) is 1. The average Bonchev–Trinajstić information content (AvgIpc) is 2.45. The van der Waals surface area contributed by atoms with Crippen molar-refractivity contribution in [1.29, 1.82) is 0 Å². The Bertz CT molecular complexity index is 486. The molecule has 0 aliphatic carbocycles. The first-order chi connectivity index (χ1) is 9.58. The fraction of sp³-hybridized carbons (Fsp3) is 0.467. The topological polar surface area (TPSA) is 57.6 Å². The van der Waals surface area contributed by atoms with E-state index in [1.807, 2.05) is 17.0 Å². The van der Waals surface area contributed by atoms with E-state index in [1.54, 1.807) is 12.1 Å². The lowest BCUT2D eigenvalue weighted by atomic mass is 9.97. The van der Waals surface area contributed by atoms with Gasteiger partial charge in [-0.15, -0.1) is 0 Å². The lowest BCUT2D eigenvalue weighted by Gasteiger charge is -2.35. The second-order valence-corrected chi connectivity index (χ2v) is 6.00. The van der Waals surface area contributed by atoms with E-state index in [1.165, 1.54) is 0 Å². The number of nitrogens with zero attached hydrogens (tertiary/aromatic N) is 1. The van der Waals surface area contributed by atoms with Gasteiger partial charge in [-0.05, 0) is 49.9 Å². The molecule has 2 rings (SSSR count). The summed E-state index contributed by atoms with van der Waals surface area (Å²) in [6.45, 7) is 0.721. The SMILES string of the molecule is O=C(O)CCC1CCCCN1C(=O)c1ccc(Br)cc1. The zero-order chi connectivity index (χ0) is 14.5. The number of hydrogen-bond acceptors (Lipinski definition) is 2. The molecule has 0 spiro atoms. The molecule has 1 heterocycles. The Balaban J connectivity index is 2.08. The minimum absolute atomic E-state index is 0.00703. The molecule has 1 amide bonds. The molecule has 1 saturated heterocycles. The van der Waals surface area contributed by atoms with Gasteiger partial charge in [-0.1, -0.05) is 15.9 Å². The summed E-state index contributed by atoms with van der Waals surface area (Å²) in [6.07, 6.45) is 3.61. The Kier molecular flexibility index (Phi) is 5.17. The maximum Gasteiger partial charge on any atom is 0.303 e. The van der Waals surface area contributed by atoms with Crippen LogP contribution in [0.5, 0.6) is 0 Å². The molecule has 1 atom stereocenters. The van der Waals surface area contributed by atoms with Gasteiger partial charge in [-0.25, -0.2) is 0 Å². The molecule has 5 heteroatoms. The highest BCUT2D eigenvalue weighted by Gasteiger charge is 2.27. The van der Waals surface area contributed by atoms with Crippen LogP contribution in [-0.2, 0) is 4.79 Å². The lowest BCUT2D eigenvalue weighted by Crippen LogP contribution is -2.43. The summed E-state index contributed by atoms with van der Waals surface area (Å²) in [5, 5.41) is 8.81. The van der Waals surface area contributed by atoms with Gasteiger partial charge in [0.15, 0.2) is 0 Å². The number of benzene rings is 1. The van der Waals surface area contributed by atoms with Gasteiger partial charge in [0.05, 0.1) is 0 Å². The van der Waals surface area contributed by atoms with Crippen LogP contribution in [0.25, 0.3) is 0 Å². The number of amides is 1. The van der Waals surface area contributed by atoms with Gasteiger partial charge in [0.1, 0.15) is 0 Å². The fourth-order valence-electron chi connectivity index (χ4n) is 2.62. The van der Waals surface area contributed by atoms with Crippen molar-refractivity contribution in [1.82, 2.24) is 4.90 Å². The van der Waals surface area contributed by atoms with Crippen molar-refractivity contribution in [3.63, 3.8) is 0 Å². The quantitative estimate of drug-likeness (QED) is 0.915. The number of halogens is 1. The number of likely N-dealkylation sites (tertiary alicyclic amines) is 1. The third-order valence-corrected chi connectivity index (χ3v) is 4.20. The van der Waals surface area contributed by atoms with E-state index in [4.69, 9.17) is 5.11 Å². The molecule has 1 N–H and O–H groups in total. The predicted molar refractivity (Wildman–Crippen MR) is 79.7 cm³/mol. The Morgan fingerprint density at radius 1 is 1.25 bits per heavy atom. The number of rotatable bonds is 4. The summed E-state index contributed by atoms with van der Waals surface area (Å²) in [6, 6.07) is 7.35. The van der Waals surface area contributed by atoms with Crippen LogP contribution in [0.4, 0.5) is 0 Å². The molecule has 1 aliphatic rings. The van der Waals surface area contributed by atoms with Crippen LogP contribution >= 0.6 is 15.9 Å². The van der Waals surface area contributed by atoms with Crippen LogP contribution in [0.2, 0.25) is 0 Å². The van der Waals surface area contributed by atoms with Gasteiger partial charge in [0.25, 0.3) is 5.91 Å². The number of carbonyl (C=O) groups is 2. The molecule has 1 aliphatic heterocycles. The summed E-state index contributed by atoms with van der Waals surface area (Å²) in [4.78, 5) is 25.1. The van der Waals surface area contributed by atoms with Crippen LogP contribution in [0.3, 0.4) is 0 Å². The molecule has 1 aromatic carbocycles. The van der Waals surface area contributed by atoms with Crippen molar-refractivity contribution in [2.45, 2.75) is 38.1 Å². The molecule has 0 radical (unpaired) electrons. The highest BCUT2D eigenvalue weighted by Crippen LogP contribution is 2.23. The monoisotopic (exact) mass is 339 g/mol. The summed E-state index contributed by atoms with van der Waals surface area (Å²) in [7, 11) is 0.